The number of carbonyl (C=O) groups excluding carboxylic acids is 1. The van der Waals surface area contributed by atoms with Crippen LogP contribution in [0, 0.1) is 23.1 Å². The number of rotatable bonds is 2. The molecular formula is C14H16FN3O. The van der Waals surface area contributed by atoms with E-state index in [9.17, 15) is 9.18 Å². The van der Waals surface area contributed by atoms with Gasteiger partial charge in [0.25, 0.3) is 0 Å². The number of carbonyl (C=O) groups is 1. The van der Waals surface area contributed by atoms with Gasteiger partial charge in [-0.3, -0.25) is 4.79 Å². The third kappa shape index (κ3) is 3.09. The van der Waals surface area contributed by atoms with E-state index in [4.69, 9.17) is 5.26 Å². The van der Waals surface area contributed by atoms with Crippen LogP contribution in [0.5, 0.6) is 0 Å². The second-order valence-electron chi connectivity index (χ2n) is 4.84. The van der Waals surface area contributed by atoms with Crippen molar-refractivity contribution in [2.75, 3.05) is 11.9 Å². The van der Waals surface area contributed by atoms with Crippen LogP contribution in [0.3, 0.4) is 0 Å². The fraction of sp³-hybridized carbons (Fsp3) is 0.429. The van der Waals surface area contributed by atoms with E-state index in [1.807, 2.05) is 6.92 Å². The Balaban J connectivity index is 2.11. The molecule has 1 fully saturated rings. The van der Waals surface area contributed by atoms with Crippen molar-refractivity contribution in [1.82, 2.24) is 5.32 Å². The molecule has 2 atom stereocenters. The van der Waals surface area contributed by atoms with Crippen molar-refractivity contribution >= 4 is 11.6 Å². The lowest BCUT2D eigenvalue weighted by Crippen LogP contribution is -2.40. The van der Waals surface area contributed by atoms with E-state index in [2.05, 4.69) is 10.6 Å². The third-order valence-electron chi connectivity index (χ3n) is 3.38. The maximum absolute atomic E-state index is 13.4. The van der Waals surface area contributed by atoms with Crippen LogP contribution in [0.25, 0.3) is 0 Å². The third-order valence-corrected chi connectivity index (χ3v) is 3.38. The number of nitriles is 1. The minimum atomic E-state index is -0.612. The largest absolute Gasteiger partial charge is 0.325 e. The fourth-order valence-electron chi connectivity index (χ4n) is 2.35. The van der Waals surface area contributed by atoms with Gasteiger partial charge in [0.1, 0.15) is 17.4 Å². The summed E-state index contributed by atoms with van der Waals surface area (Å²) >= 11 is 0. The SMILES string of the molecule is CC1CC(C(=O)Nc2cccc(F)c2C#N)CCN1. The lowest BCUT2D eigenvalue weighted by Gasteiger charge is -2.27. The average Bonchev–Trinajstić information content (AvgIpc) is 2.39. The van der Waals surface area contributed by atoms with Crippen LogP contribution in [0.4, 0.5) is 10.1 Å². The van der Waals surface area contributed by atoms with Crippen LogP contribution in [0.1, 0.15) is 25.3 Å². The maximum Gasteiger partial charge on any atom is 0.227 e. The van der Waals surface area contributed by atoms with E-state index >= 15 is 0 Å². The Hall–Kier alpha value is -1.93. The van der Waals surface area contributed by atoms with Crippen molar-refractivity contribution in [3.8, 4) is 6.07 Å². The van der Waals surface area contributed by atoms with Gasteiger partial charge in [0, 0.05) is 12.0 Å². The molecule has 1 aliphatic heterocycles. The first-order valence-electron chi connectivity index (χ1n) is 6.34. The fourth-order valence-corrected chi connectivity index (χ4v) is 2.35. The van der Waals surface area contributed by atoms with Crippen molar-refractivity contribution in [1.29, 1.82) is 5.26 Å². The van der Waals surface area contributed by atoms with Gasteiger partial charge < -0.3 is 10.6 Å². The minimum Gasteiger partial charge on any atom is -0.325 e. The summed E-state index contributed by atoms with van der Waals surface area (Å²) in [6.07, 6.45) is 1.51. The van der Waals surface area contributed by atoms with Crippen LogP contribution in [0.15, 0.2) is 18.2 Å². The number of halogens is 1. The summed E-state index contributed by atoms with van der Waals surface area (Å²) in [6.45, 7) is 2.83. The molecule has 0 aliphatic carbocycles. The highest BCUT2D eigenvalue weighted by Crippen LogP contribution is 2.22. The zero-order valence-corrected chi connectivity index (χ0v) is 10.7. The number of anilines is 1. The summed E-state index contributed by atoms with van der Waals surface area (Å²) in [4.78, 5) is 12.1. The molecule has 0 saturated carbocycles. The number of piperidine rings is 1. The summed E-state index contributed by atoms with van der Waals surface area (Å²) < 4.78 is 13.4. The van der Waals surface area contributed by atoms with Gasteiger partial charge in [-0.05, 0) is 38.4 Å². The number of benzene rings is 1. The van der Waals surface area contributed by atoms with Crippen LogP contribution < -0.4 is 10.6 Å². The van der Waals surface area contributed by atoms with Gasteiger partial charge in [-0.1, -0.05) is 6.07 Å². The van der Waals surface area contributed by atoms with E-state index < -0.39 is 5.82 Å². The molecule has 5 heteroatoms. The Morgan fingerprint density at radius 2 is 2.37 bits per heavy atom. The summed E-state index contributed by atoms with van der Waals surface area (Å²) in [7, 11) is 0. The zero-order chi connectivity index (χ0) is 13.8. The molecule has 1 amide bonds. The summed E-state index contributed by atoms with van der Waals surface area (Å²) in [5, 5.41) is 14.8. The smallest absolute Gasteiger partial charge is 0.227 e. The monoisotopic (exact) mass is 261 g/mol. The number of amides is 1. The van der Waals surface area contributed by atoms with Crippen LogP contribution in [0.2, 0.25) is 0 Å². The first-order chi connectivity index (χ1) is 9.11. The molecule has 1 heterocycles. The zero-order valence-electron chi connectivity index (χ0n) is 10.7. The Labute approximate surface area is 111 Å². The standard InChI is InChI=1S/C14H16FN3O/c1-9-7-10(5-6-17-9)14(19)18-13-4-2-3-12(15)11(13)8-16/h2-4,9-10,17H,5-7H2,1H3,(H,18,19). The van der Waals surface area contributed by atoms with Crippen molar-refractivity contribution in [3.05, 3.63) is 29.6 Å². The molecule has 100 valence electrons. The van der Waals surface area contributed by atoms with E-state index in [0.29, 0.717) is 6.04 Å². The van der Waals surface area contributed by atoms with E-state index in [1.165, 1.54) is 12.1 Å². The Morgan fingerprint density at radius 3 is 3.05 bits per heavy atom. The molecule has 0 aromatic heterocycles. The molecular weight excluding hydrogens is 245 g/mol. The van der Waals surface area contributed by atoms with Crippen molar-refractivity contribution in [2.24, 2.45) is 5.92 Å². The second-order valence-corrected chi connectivity index (χ2v) is 4.84. The second kappa shape index (κ2) is 5.81. The van der Waals surface area contributed by atoms with E-state index in [1.54, 1.807) is 12.1 Å². The molecule has 1 saturated heterocycles. The number of nitrogens with zero attached hydrogens (tertiary/aromatic N) is 1. The van der Waals surface area contributed by atoms with Gasteiger partial charge in [-0.25, -0.2) is 4.39 Å². The average molecular weight is 261 g/mol. The molecule has 1 aromatic rings. The number of nitrogens with one attached hydrogen (secondary N) is 2. The molecule has 4 nitrogen and oxygen atoms in total. The van der Waals surface area contributed by atoms with E-state index in [-0.39, 0.29) is 23.1 Å². The molecule has 19 heavy (non-hydrogen) atoms. The minimum absolute atomic E-state index is 0.0916. The molecule has 0 bridgehead atoms. The lowest BCUT2D eigenvalue weighted by molar-refractivity contribution is -0.120. The molecule has 1 aromatic carbocycles. The first-order valence-corrected chi connectivity index (χ1v) is 6.34. The van der Waals surface area contributed by atoms with E-state index in [0.717, 1.165) is 19.4 Å². The molecule has 2 N–H and O–H groups in total. The van der Waals surface area contributed by atoms with Crippen molar-refractivity contribution in [2.45, 2.75) is 25.8 Å². The van der Waals surface area contributed by atoms with Gasteiger partial charge in [0.15, 0.2) is 0 Å². The molecule has 2 unspecified atom stereocenters. The summed E-state index contributed by atoms with van der Waals surface area (Å²) in [5.74, 6) is -0.847. The van der Waals surface area contributed by atoms with Crippen LogP contribution in [-0.2, 0) is 4.79 Å². The highest BCUT2D eigenvalue weighted by Gasteiger charge is 2.25. The van der Waals surface area contributed by atoms with Gasteiger partial charge in [-0.15, -0.1) is 0 Å². The van der Waals surface area contributed by atoms with Gasteiger partial charge in [0.2, 0.25) is 5.91 Å². The van der Waals surface area contributed by atoms with Crippen LogP contribution in [-0.4, -0.2) is 18.5 Å². The Bertz CT molecular complexity index is 524. The van der Waals surface area contributed by atoms with Gasteiger partial charge in [-0.2, -0.15) is 5.26 Å². The van der Waals surface area contributed by atoms with Crippen LogP contribution >= 0.6 is 0 Å². The predicted octanol–water partition coefficient (Wildman–Crippen LogP) is 2.02. The molecule has 0 radical (unpaired) electrons. The Morgan fingerprint density at radius 1 is 1.58 bits per heavy atom. The normalized spacial score (nSPS) is 22.6. The molecule has 2 rings (SSSR count). The van der Waals surface area contributed by atoms with Gasteiger partial charge >= 0.3 is 0 Å². The highest BCUT2D eigenvalue weighted by molar-refractivity contribution is 5.93. The number of hydrogen-bond donors (Lipinski definition) is 2. The Kier molecular flexibility index (Phi) is 4.13. The maximum atomic E-state index is 13.4. The number of hydrogen-bond acceptors (Lipinski definition) is 3. The quantitative estimate of drug-likeness (QED) is 0.856. The van der Waals surface area contributed by atoms with Gasteiger partial charge in [0.05, 0.1) is 5.69 Å². The lowest BCUT2D eigenvalue weighted by atomic mass is 9.92. The molecule has 0 spiro atoms. The predicted molar refractivity (Wildman–Crippen MR) is 69.9 cm³/mol. The summed E-state index contributed by atoms with van der Waals surface area (Å²) in [5.41, 5.74) is 0.136. The highest BCUT2D eigenvalue weighted by atomic mass is 19.1. The topological polar surface area (TPSA) is 64.9 Å². The first kappa shape index (κ1) is 13.5. The molecule has 1 aliphatic rings. The summed E-state index contributed by atoms with van der Waals surface area (Å²) in [6, 6.07) is 6.32. The van der Waals surface area contributed by atoms with Crippen molar-refractivity contribution < 1.29 is 9.18 Å². The van der Waals surface area contributed by atoms with Crippen molar-refractivity contribution in [3.63, 3.8) is 0 Å².